The number of nitrogens with one attached hydrogen (secondary N) is 1. The molecule has 6 nitrogen and oxygen atoms in total. The van der Waals surface area contributed by atoms with Gasteiger partial charge in [0.25, 0.3) is 0 Å². The average molecular weight is 228 g/mol. The summed E-state index contributed by atoms with van der Waals surface area (Å²) in [5.74, 6) is 4.65. The fourth-order valence-corrected chi connectivity index (χ4v) is 2.08. The van der Waals surface area contributed by atoms with Crippen molar-refractivity contribution in [3.05, 3.63) is 0 Å². The van der Waals surface area contributed by atoms with Crippen molar-refractivity contribution in [3.8, 4) is 0 Å². The van der Waals surface area contributed by atoms with E-state index in [1.807, 2.05) is 6.92 Å². The number of nitrogens with zero attached hydrogens (tertiary/aromatic N) is 1. The third kappa shape index (κ3) is 3.46. The van der Waals surface area contributed by atoms with Gasteiger partial charge < -0.3 is 10.6 Å². The van der Waals surface area contributed by atoms with Gasteiger partial charge in [0, 0.05) is 18.4 Å². The summed E-state index contributed by atoms with van der Waals surface area (Å²) in [4.78, 5) is 24.3. The normalized spacial score (nSPS) is 20.4. The van der Waals surface area contributed by atoms with Gasteiger partial charge in [0.2, 0.25) is 11.8 Å². The van der Waals surface area contributed by atoms with Crippen LogP contribution in [0.4, 0.5) is 0 Å². The van der Waals surface area contributed by atoms with Gasteiger partial charge in [-0.15, -0.1) is 0 Å². The average Bonchev–Trinajstić information content (AvgIpc) is 2.28. The first-order valence-electron chi connectivity index (χ1n) is 5.57. The third-order valence-electron chi connectivity index (χ3n) is 3.20. The summed E-state index contributed by atoms with van der Waals surface area (Å²) in [6, 6.07) is 0.150. The van der Waals surface area contributed by atoms with Crippen LogP contribution in [0.2, 0.25) is 0 Å². The zero-order chi connectivity index (χ0) is 12.1. The Bertz CT molecular complexity index is 262. The van der Waals surface area contributed by atoms with E-state index < -0.39 is 0 Å². The number of nitrogens with two attached hydrogens (primary N) is 2. The second-order valence-corrected chi connectivity index (χ2v) is 4.33. The van der Waals surface area contributed by atoms with Crippen molar-refractivity contribution in [2.75, 3.05) is 13.1 Å². The molecule has 0 spiro atoms. The summed E-state index contributed by atoms with van der Waals surface area (Å²) in [7, 11) is 0. The van der Waals surface area contributed by atoms with Gasteiger partial charge in [0.1, 0.15) is 0 Å². The van der Waals surface area contributed by atoms with E-state index >= 15 is 0 Å². The molecule has 92 valence electrons. The molecule has 0 aromatic heterocycles. The molecule has 0 radical (unpaired) electrons. The maximum absolute atomic E-state index is 11.1. The quantitative estimate of drug-likeness (QED) is 0.325. The molecule has 0 saturated carbocycles. The minimum atomic E-state index is -0.216. The molecule has 1 fully saturated rings. The summed E-state index contributed by atoms with van der Waals surface area (Å²) < 4.78 is 0. The molecule has 1 aliphatic heterocycles. The van der Waals surface area contributed by atoms with Crippen LogP contribution in [0.25, 0.3) is 0 Å². The van der Waals surface area contributed by atoms with E-state index in [-0.39, 0.29) is 23.8 Å². The van der Waals surface area contributed by atoms with Crippen LogP contribution in [-0.2, 0) is 9.59 Å². The number of primary amides is 1. The van der Waals surface area contributed by atoms with Gasteiger partial charge >= 0.3 is 0 Å². The van der Waals surface area contributed by atoms with Crippen LogP contribution in [0.1, 0.15) is 26.2 Å². The maximum atomic E-state index is 11.1. The lowest BCUT2D eigenvalue weighted by Gasteiger charge is -2.34. The number of rotatable bonds is 4. The van der Waals surface area contributed by atoms with Crippen molar-refractivity contribution < 1.29 is 9.59 Å². The number of piperidine rings is 1. The maximum Gasteiger partial charge on any atom is 0.235 e. The molecule has 6 heteroatoms. The molecule has 0 aromatic rings. The van der Waals surface area contributed by atoms with Crippen molar-refractivity contribution in [1.82, 2.24) is 10.3 Å². The van der Waals surface area contributed by atoms with Crippen LogP contribution in [0.5, 0.6) is 0 Å². The van der Waals surface area contributed by atoms with Gasteiger partial charge in [-0.1, -0.05) is 0 Å². The van der Waals surface area contributed by atoms with Crippen molar-refractivity contribution in [2.24, 2.45) is 17.5 Å². The number of carbonyl (C=O) groups is 2. The summed E-state index contributed by atoms with van der Waals surface area (Å²) in [6.45, 7) is 3.61. The molecule has 1 unspecified atom stereocenters. The molecule has 1 saturated heterocycles. The summed E-state index contributed by atoms with van der Waals surface area (Å²) in [5.41, 5.74) is 7.38. The summed E-state index contributed by atoms with van der Waals surface area (Å²) in [5, 5.41) is 0. The second kappa shape index (κ2) is 5.81. The number of hydrogen-bond acceptors (Lipinski definition) is 4. The predicted molar refractivity (Wildman–Crippen MR) is 59.9 cm³/mol. The van der Waals surface area contributed by atoms with Gasteiger partial charge in [-0.05, 0) is 32.9 Å². The standard InChI is InChI=1S/C10H20N4O2/c1-7(6-9(15)13-12)14-4-2-8(3-5-14)10(11)16/h7-8H,2-6,12H2,1H3,(H2,11,16)(H,13,15). The fourth-order valence-electron chi connectivity index (χ4n) is 2.08. The van der Waals surface area contributed by atoms with E-state index in [0.29, 0.717) is 6.42 Å². The highest BCUT2D eigenvalue weighted by atomic mass is 16.2. The van der Waals surface area contributed by atoms with Crippen molar-refractivity contribution in [2.45, 2.75) is 32.2 Å². The Balaban J connectivity index is 2.35. The molecule has 0 aliphatic carbocycles. The van der Waals surface area contributed by atoms with Crippen LogP contribution < -0.4 is 17.0 Å². The van der Waals surface area contributed by atoms with Crippen LogP contribution in [0, 0.1) is 5.92 Å². The van der Waals surface area contributed by atoms with Crippen molar-refractivity contribution in [3.63, 3.8) is 0 Å². The monoisotopic (exact) mass is 228 g/mol. The molecule has 1 atom stereocenters. The van der Waals surface area contributed by atoms with Crippen molar-refractivity contribution >= 4 is 11.8 Å². The lowest BCUT2D eigenvalue weighted by Crippen LogP contribution is -2.45. The van der Waals surface area contributed by atoms with E-state index in [2.05, 4.69) is 10.3 Å². The minimum Gasteiger partial charge on any atom is -0.369 e. The van der Waals surface area contributed by atoms with E-state index in [1.165, 1.54) is 0 Å². The highest BCUT2D eigenvalue weighted by molar-refractivity contribution is 5.77. The third-order valence-corrected chi connectivity index (χ3v) is 3.20. The van der Waals surface area contributed by atoms with Crippen LogP contribution in [0.15, 0.2) is 0 Å². The Hall–Kier alpha value is -1.14. The Morgan fingerprint density at radius 2 is 2.00 bits per heavy atom. The molecule has 16 heavy (non-hydrogen) atoms. The number of carbonyl (C=O) groups excluding carboxylic acids is 2. The van der Waals surface area contributed by atoms with Crippen LogP contribution in [0.3, 0.4) is 0 Å². The smallest absolute Gasteiger partial charge is 0.235 e. The Kier molecular flexibility index (Phi) is 4.70. The van der Waals surface area contributed by atoms with Gasteiger partial charge in [-0.25, -0.2) is 5.84 Å². The zero-order valence-electron chi connectivity index (χ0n) is 9.61. The van der Waals surface area contributed by atoms with Crippen molar-refractivity contribution in [1.29, 1.82) is 0 Å². The number of amides is 2. The fraction of sp³-hybridized carbons (Fsp3) is 0.800. The van der Waals surface area contributed by atoms with E-state index in [0.717, 1.165) is 25.9 Å². The largest absolute Gasteiger partial charge is 0.369 e. The Labute approximate surface area is 95.3 Å². The number of hydrogen-bond donors (Lipinski definition) is 3. The first kappa shape index (κ1) is 12.9. The van der Waals surface area contributed by atoms with Gasteiger partial charge in [-0.3, -0.25) is 15.0 Å². The molecule has 5 N–H and O–H groups in total. The minimum absolute atomic E-state index is 0.00761. The molecule has 1 heterocycles. The molecule has 2 amide bonds. The lowest BCUT2D eigenvalue weighted by molar-refractivity contribution is -0.125. The van der Waals surface area contributed by atoms with E-state index in [9.17, 15) is 9.59 Å². The van der Waals surface area contributed by atoms with Crippen LogP contribution >= 0.6 is 0 Å². The highest BCUT2D eigenvalue weighted by Gasteiger charge is 2.26. The molecule has 1 aliphatic rings. The first-order valence-corrected chi connectivity index (χ1v) is 5.57. The molecular weight excluding hydrogens is 208 g/mol. The Morgan fingerprint density at radius 3 is 2.44 bits per heavy atom. The van der Waals surface area contributed by atoms with Gasteiger partial charge in [0.05, 0.1) is 0 Å². The van der Waals surface area contributed by atoms with E-state index in [4.69, 9.17) is 11.6 Å². The zero-order valence-corrected chi connectivity index (χ0v) is 9.61. The van der Waals surface area contributed by atoms with Crippen LogP contribution in [-0.4, -0.2) is 35.8 Å². The summed E-state index contributed by atoms with van der Waals surface area (Å²) >= 11 is 0. The number of hydrazine groups is 1. The highest BCUT2D eigenvalue weighted by Crippen LogP contribution is 2.19. The van der Waals surface area contributed by atoms with Gasteiger partial charge in [-0.2, -0.15) is 0 Å². The summed E-state index contributed by atoms with van der Waals surface area (Å²) in [6.07, 6.45) is 1.95. The second-order valence-electron chi connectivity index (χ2n) is 4.33. The first-order chi connectivity index (χ1) is 7.54. The predicted octanol–water partition coefficient (Wildman–Crippen LogP) is -1.05. The van der Waals surface area contributed by atoms with Gasteiger partial charge in [0.15, 0.2) is 0 Å². The lowest BCUT2D eigenvalue weighted by atomic mass is 9.95. The van der Waals surface area contributed by atoms with E-state index in [1.54, 1.807) is 0 Å². The molecule has 0 bridgehead atoms. The molecule has 0 aromatic carbocycles. The molecule has 1 rings (SSSR count). The topological polar surface area (TPSA) is 101 Å². The molecular formula is C10H20N4O2. The Morgan fingerprint density at radius 1 is 1.44 bits per heavy atom. The number of likely N-dealkylation sites (tertiary alicyclic amines) is 1. The SMILES string of the molecule is CC(CC(=O)NN)N1CCC(C(N)=O)CC1.